The average molecular weight is 245 g/mol. The predicted octanol–water partition coefficient (Wildman–Crippen LogP) is 1.34. The van der Waals surface area contributed by atoms with E-state index in [4.69, 9.17) is 10.5 Å². The van der Waals surface area contributed by atoms with Gasteiger partial charge in [0.2, 0.25) is 5.88 Å². The number of anilines is 1. The van der Waals surface area contributed by atoms with Crippen LogP contribution in [0.2, 0.25) is 0 Å². The van der Waals surface area contributed by atoms with Gasteiger partial charge in [-0.15, -0.1) is 0 Å². The van der Waals surface area contributed by atoms with Crippen molar-refractivity contribution in [3.63, 3.8) is 0 Å². The zero-order valence-electron chi connectivity index (χ0n) is 10.2. The van der Waals surface area contributed by atoms with E-state index in [1.165, 1.54) is 24.9 Å². The number of aryl methyl sites for hydroxylation is 2. The second-order valence-corrected chi connectivity index (χ2v) is 4.36. The van der Waals surface area contributed by atoms with Gasteiger partial charge in [-0.2, -0.15) is 0 Å². The fourth-order valence-electron chi connectivity index (χ4n) is 2.33. The van der Waals surface area contributed by atoms with Crippen LogP contribution in [-0.2, 0) is 12.8 Å². The van der Waals surface area contributed by atoms with Crippen molar-refractivity contribution in [3.05, 3.63) is 17.7 Å². The first-order valence-electron chi connectivity index (χ1n) is 6.02. The van der Waals surface area contributed by atoms with E-state index in [1.54, 1.807) is 7.11 Å². The van der Waals surface area contributed by atoms with Gasteiger partial charge in [-0.05, 0) is 25.7 Å². The molecule has 0 fully saturated rings. The highest BCUT2D eigenvalue weighted by molar-refractivity contribution is 5.73. The number of nitrogens with zero attached hydrogens (tertiary/aromatic N) is 3. The summed E-state index contributed by atoms with van der Waals surface area (Å²) >= 11 is 0. The predicted molar refractivity (Wildman–Crippen MR) is 67.2 cm³/mol. The van der Waals surface area contributed by atoms with Crippen molar-refractivity contribution in [1.29, 1.82) is 0 Å². The normalized spacial score (nSPS) is 14.3. The van der Waals surface area contributed by atoms with Gasteiger partial charge in [0.1, 0.15) is 23.5 Å². The third-order valence-electron chi connectivity index (χ3n) is 3.23. The Morgan fingerprint density at radius 1 is 1.28 bits per heavy atom. The maximum absolute atomic E-state index is 5.90. The SMILES string of the molecule is COc1ncnc(N)c1-c1nc2c([nH]1)CCCC2. The van der Waals surface area contributed by atoms with E-state index in [2.05, 4.69) is 19.9 Å². The minimum absolute atomic E-state index is 0.382. The molecular formula is C12H15N5O. The second-order valence-electron chi connectivity index (χ2n) is 4.36. The van der Waals surface area contributed by atoms with Crippen LogP contribution in [0.1, 0.15) is 24.2 Å². The molecule has 3 N–H and O–H groups in total. The number of hydrogen-bond acceptors (Lipinski definition) is 5. The largest absolute Gasteiger partial charge is 0.480 e. The zero-order valence-corrected chi connectivity index (χ0v) is 10.2. The fourth-order valence-corrected chi connectivity index (χ4v) is 2.33. The third kappa shape index (κ3) is 1.70. The Morgan fingerprint density at radius 2 is 2.11 bits per heavy atom. The summed E-state index contributed by atoms with van der Waals surface area (Å²) in [7, 11) is 1.56. The minimum atomic E-state index is 0.382. The second kappa shape index (κ2) is 4.29. The van der Waals surface area contributed by atoms with E-state index in [1.807, 2.05) is 0 Å². The maximum Gasteiger partial charge on any atom is 0.229 e. The first-order valence-corrected chi connectivity index (χ1v) is 6.02. The third-order valence-corrected chi connectivity index (χ3v) is 3.23. The molecule has 94 valence electrons. The molecule has 0 unspecified atom stereocenters. The van der Waals surface area contributed by atoms with Crippen molar-refractivity contribution in [2.45, 2.75) is 25.7 Å². The van der Waals surface area contributed by atoms with Gasteiger partial charge >= 0.3 is 0 Å². The highest BCUT2D eigenvalue weighted by atomic mass is 16.5. The number of nitrogen functional groups attached to an aromatic ring is 1. The van der Waals surface area contributed by atoms with Gasteiger partial charge in [-0.3, -0.25) is 0 Å². The molecule has 0 saturated heterocycles. The molecule has 0 saturated carbocycles. The first-order chi connectivity index (χ1) is 8.79. The summed E-state index contributed by atoms with van der Waals surface area (Å²) < 4.78 is 5.22. The summed E-state index contributed by atoms with van der Waals surface area (Å²) in [6.45, 7) is 0. The van der Waals surface area contributed by atoms with Crippen LogP contribution < -0.4 is 10.5 Å². The fraction of sp³-hybridized carbons (Fsp3) is 0.417. The van der Waals surface area contributed by atoms with Gasteiger partial charge < -0.3 is 15.5 Å². The van der Waals surface area contributed by atoms with Gasteiger partial charge in [0, 0.05) is 5.69 Å². The van der Waals surface area contributed by atoms with Crippen molar-refractivity contribution in [1.82, 2.24) is 19.9 Å². The molecule has 0 amide bonds. The molecule has 2 heterocycles. The lowest BCUT2D eigenvalue weighted by molar-refractivity contribution is 0.398. The number of aromatic amines is 1. The number of aromatic nitrogens is 4. The number of imidazole rings is 1. The van der Waals surface area contributed by atoms with Gasteiger partial charge in [0.05, 0.1) is 12.8 Å². The molecule has 18 heavy (non-hydrogen) atoms. The highest BCUT2D eigenvalue weighted by Crippen LogP contribution is 2.32. The van der Waals surface area contributed by atoms with E-state index in [0.717, 1.165) is 18.5 Å². The lowest BCUT2D eigenvalue weighted by Crippen LogP contribution is -2.00. The Morgan fingerprint density at radius 3 is 2.89 bits per heavy atom. The Bertz CT molecular complexity index is 554. The molecule has 6 heteroatoms. The average Bonchev–Trinajstić information content (AvgIpc) is 2.81. The number of hydrogen-bond donors (Lipinski definition) is 2. The number of H-pyrrole nitrogens is 1. The quantitative estimate of drug-likeness (QED) is 0.833. The number of methoxy groups -OCH3 is 1. The summed E-state index contributed by atoms with van der Waals surface area (Å²) in [5, 5.41) is 0. The van der Waals surface area contributed by atoms with Gasteiger partial charge in [-0.25, -0.2) is 15.0 Å². The smallest absolute Gasteiger partial charge is 0.229 e. The van der Waals surface area contributed by atoms with E-state index in [0.29, 0.717) is 23.1 Å². The van der Waals surface area contributed by atoms with Crippen molar-refractivity contribution in [2.75, 3.05) is 12.8 Å². The molecular weight excluding hydrogens is 230 g/mol. The number of nitrogens with two attached hydrogens (primary N) is 1. The molecule has 0 bridgehead atoms. The molecule has 0 aliphatic heterocycles. The summed E-state index contributed by atoms with van der Waals surface area (Å²) in [4.78, 5) is 16.0. The van der Waals surface area contributed by atoms with Crippen molar-refractivity contribution in [3.8, 4) is 17.3 Å². The summed E-state index contributed by atoms with van der Waals surface area (Å²) in [5.41, 5.74) is 8.87. The van der Waals surface area contributed by atoms with Crippen LogP contribution >= 0.6 is 0 Å². The molecule has 2 aromatic rings. The van der Waals surface area contributed by atoms with Crippen molar-refractivity contribution >= 4 is 5.82 Å². The van der Waals surface area contributed by atoms with Crippen LogP contribution in [0.3, 0.4) is 0 Å². The molecule has 1 aliphatic rings. The van der Waals surface area contributed by atoms with Crippen LogP contribution in [0.5, 0.6) is 5.88 Å². The number of rotatable bonds is 2. The van der Waals surface area contributed by atoms with Crippen LogP contribution in [0, 0.1) is 0 Å². The van der Waals surface area contributed by atoms with Crippen LogP contribution in [0.15, 0.2) is 6.33 Å². The highest BCUT2D eigenvalue weighted by Gasteiger charge is 2.20. The van der Waals surface area contributed by atoms with E-state index < -0.39 is 0 Å². The molecule has 0 spiro atoms. The van der Waals surface area contributed by atoms with Crippen LogP contribution in [0.4, 0.5) is 5.82 Å². The van der Waals surface area contributed by atoms with Crippen LogP contribution in [-0.4, -0.2) is 27.0 Å². The topological polar surface area (TPSA) is 89.7 Å². The molecule has 0 aromatic carbocycles. The maximum atomic E-state index is 5.90. The molecule has 0 atom stereocenters. The Labute approximate surface area is 105 Å². The first kappa shape index (κ1) is 11.0. The lowest BCUT2D eigenvalue weighted by Gasteiger charge is -2.07. The molecule has 1 aliphatic carbocycles. The Kier molecular flexibility index (Phi) is 2.62. The summed E-state index contributed by atoms with van der Waals surface area (Å²) in [6, 6.07) is 0. The van der Waals surface area contributed by atoms with E-state index >= 15 is 0 Å². The monoisotopic (exact) mass is 245 g/mol. The number of fused-ring (bicyclic) bond motifs is 1. The number of ether oxygens (including phenoxy) is 1. The summed E-state index contributed by atoms with van der Waals surface area (Å²) in [5.74, 6) is 1.54. The molecule has 0 radical (unpaired) electrons. The molecule has 2 aromatic heterocycles. The van der Waals surface area contributed by atoms with E-state index in [9.17, 15) is 0 Å². The Balaban J connectivity index is 2.12. The van der Waals surface area contributed by atoms with Gasteiger partial charge in [-0.1, -0.05) is 0 Å². The van der Waals surface area contributed by atoms with Crippen molar-refractivity contribution in [2.24, 2.45) is 0 Å². The number of nitrogens with one attached hydrogen (secondary N) is 1. The molecule has 3 rings (SSSR count). The van der Waals surface area contributed by atoms with Gasteiger partial charge in [0.25, 0.3) is 0 Å². The van der Waals surface area contributed by atoms with Crippen LogP contribution in [0.25, 0.3) is 11.4 Å². The standard InChI is InChI=1S/C12H15N5O/c1-18-12-9(10(13)14-6-15-12)11-16-7-4-2-3-5-8(7)17-11/h6H,2-5H2,1H3,(H,16,17)(H2,13,14,15). The summed E-state index contributed by atoms with van der Waals surface area (Å²) in [6.07, 6.45) is 5.84. The molecule has 6 nitrogen and oxygen atoms in total. The van der Waals surface area contributed by atoms with E-state index in [-0.39, 0.29) is 0 Å². The minimum Gasteiger partial charge on any atom is -0.480 e. The Hall–Kier alpha value is -2.11. The van der Waals surface area contributed by atoms with Gasteiger partial charge in [0.15, 0.2) is 0 Å². The van der Waals surface area contributed by atoms with Crippen molar-refractivity contribution < 1.29 is 4.74 Å². The zero-order chi connectivity index (χ0) is 12.5. The lowest BCUT2D eigenvalue weighted by atomic mass is 10.0.